The van der Waals surface area contributed by atoms with Crippen molar-refractivity contribution in [2.75, 3.05) is 16.8 Å². The van der Waals surface area contributed by atoms with Crippen molar-refractivity contribution in [1.82, 2.24) is 4.90 Å². The van der Waals surface area contributed by atoms with Gasteiger partial charge >= 0.3 is 0 Å². The molecule has 0 spiro atoms. The summed E-state index contributed by atoms with van der Waals surface area (Å²) in [5.41, 5.74) is 2.89. The summed E-state index contributed by atoms with van der Waals surface area (Å²) in [7, 11) is 0. The Morgan fingerprint density at radius 2 is 1.62 bits per heavy atom. The van der Waals surface area contributed by atoms with Crippen LogP contribution in [0, 0.1) is 0 Å². The van der Waals surface area contributed by atoms with E-state index in [0.717, 1.165) is 5.69 Å². The predicted octanol–water partition coefficient (Wildman–Crippen LogP) is 3.66. The Bertz CT molecular complexity index is 963. The minimum atomic E-state index is -0.304. The summed E-state index contributed by atoms with van der Waals surface area (Å²) in [5.74, 6) is -0.768. The molecule has 2 aromatic rings. The Kier molecular flexibility index (Phi) is 5.82. The number of hydrogen-bond acceptors (Lipinski definition) is 4. The molecule has 1 heterocycles. The highest BCUT2D eigenvalue weighted by atomic mass is 16.2. The molecular formula is C23H25N3O3. The van der Waals surface area contributed by atoms with Crippen molar-refractivity contribution in [2.45, 2.75) is 33.7 Å². The van der Waals surface area contributed by atoms with E-state index in [0.29, 0.717) is 29.1 Å². The largest absolute Gasteiger partial charge is 0.337 e. The first kappa shape index (κ1) is 20.3. The zero-order valence-corrected chi connectivity index (χ0v) is 17.1. The second-order valence-electron chi connectivity index (χ2n) is 7.14. The maximum absolute atomic E-state index is 13.3. The van der Waals surface area contributed by atoms with Crippen LogP contribution in [0.25, 0.3) is 5.57 Å². The van der Waals surface area contributed by atoms with Gasteiger partial charge in [0.2, 0.25) is 5.91 Å². The van der Waals surface area contributed by atoms with Gasteiger partial charge in [-0.25, -0.2) is 0 Å². The average Bonchev–Trinajstić information content (AvgIpc) is 2.94. The molecule has 0 saturated carbocycles. The number of anilines is 2. The van der Waals surface area contributed by atoms with Gasteiger partial charge in [-0.2, -0.15) is 0 Å². The minimum Gasteiger partial charge on any atom is -0.337 e. The molecule has 0 saturated heterocycles. The number of carbonyl (C=O) groups excluding carboxylic acids is 3. The fourth-order valence-electron chi connectivity index (χ4n) is 3.52. The predicted molar refractivity (Wildman–Crippen MR) is 114 cm³/mol. The lowest BCUT2D eigenvalue weighted by atomic mass is 10.0. The molecule has 1 N–H and O–H groups in total. The van der Waals surface area contributed by atoms with Gasteiger partial charge < -0.3 is 10.2 Å². The molecule has 3 amide bonds. The highest BCUT2D eigenvalue weighted by Gasteiger charge is 2.42. The normalized spacial score (nSPS) is 14.0. The number of para-hydroxylation sites is 1. The molecule has 2 aromatic carbocycles. The molecule has 6 nitrogen and oxygen atoms in total. The van der Waals surface area contributed by atoms with E-state index >= 15 is 0 Å². The van der Waals surface area contributed by atoms with E-state index in [-0.39, 0.29) is 23.8 Å². The van der Waals surface area contributed by atoms with Crippen LogP contribution >= 0.6 is 0 Å². The van der Waals surface area contributed by atoms with Crippen LogP contribution in [-0.2, 0) is 14.4 Å². The molecule has 6 heteroatoms. The molecule has 0 fully saturated rings. The third kappa shape index (κ3) is 3.92. The summed E-state index contributed by atoms with van der Waals surface area (Å²) in [6, 6.07) is 16.3. The van der Waals surface area contributed by atoms with E-state index in [4.69, 9.17) is 0 Å². The van der Waals surface area contributed by atoms with E-state index in [9.17, 15) is 14.4 Å². The number of imide groups is 1. The highest BCUT2D eigenvalue weighted by Crippen LogP contribution is 2.35. The average molecular weight is 391 g/mol. The number of likely N-dealkylation sites (N-methyl/N-ethyl adjacent to an activating group) is 1. The third-order valence-electron chi connectivity index (χ3n) is 4.76. The molecule has 0 aliphatic carbocycles. The highest BCUT2D eigenvalue weighted by molar-refractivity contribution is 6.36. The lowest BCUT2D eigenvalue weighted by Gasteiger charge is -2.25. The summed E-state index contributed by atoms with van der Waals surface area (Å²) in [5, 5.41) is 2.71. The SMILES string of the molecule is CCN(C1=C(c2ccc(NC(C)=O)cc2)C(=O)N(C(C)C)C1=O)c1ccccc1. The van der Waals surface area contributed by atoms with E-state index in [1.165, 1.54) is 11.8 Å². The number of rotatable bonds is 6. The standard InChI is InChI=1S/C23H25N3O3/c1-5-25(19-9-7-6-8-10-19)21-20(22(28)26(15(2)3)23(21)29)17-11-13-18(14-12-17)24-16(4)27/h6-15H,5H2,1-4H3,(H,24,27). The number of amides is 3. The van der Waals surface area contributed by atoms with Gasteiger partial charge in [0.1, 0.15) is 5.70 Å². The molecule has 1 aliphatic heterocycles. The van der Waals surface area contributed by atoms with Gasteiger partial charge in [-0.15, -0.1) is 0 Å². The molecule has 3 rings (SSSR count). The summed E-state index contributed by atoms with van der Waals surface area (Å²) < 4.78 is 0. The van der Waals surface area contributed by atoms with Crippen LogP contribution in [0.4, 0.5) is 11.4 Å². The number of nitrogens with one attached hydrogen (secondary N) is 1. The summed E-state index contributed by atoms with van der Waals surface area (Å²) in [4.78, 5) is 41.0. The maximum Gasteiger partial charge on any atom is 0.278 e. The molecule has 0 aromatic heterocycles. The number of carbonyl (C=O) groups is 3. The van der Waals surface area contributed by atoms with Gasteiger partial charge in [0.05, 0.1) is 5.57 Å². The molecule has 29 heavy (non-hydrogen) atoms. The number of nitrogens with zero attached hydrogens (tertiary/aromatic N) is 2. The smallest absolute Gasteiger partial charge is 0.278 e. The Morgan fingerprint density at radius 1 is 1.00 bits per heavy atom. The molecule has 0 unspecified atom stereocenters. The Hall–Kier alpha value is -3.41. The van der Waals surface area contributed by atoms with Gasteiger partial charge in [0, 0.05) is 30.9 Å². The molecule has 0 atom stereocenters. The van der Waals surface area contributed by atoms with Crippen LogP contribution in [-0.4, -0.2) is 35.2 Å². The summed E-state index contributed by atoms with van der Waals surface area (Å²) >= 11 is 0. The molecular weight excluding hydrogens is 366 g/mol. The third-order valence-corrected chi connectivity index (χ3v) is 4.76. The van der Waals surface area contributed by atoms with Gasteiger partial charge in [-0.1, -0.05) is 30.3 Å². The van der Waals surface area contributed by atoms with Gasteiger partial charge in [-0.05, 0) is 50.6 Å². The van der Waals surface area contributed by atoms with Crippen LogP contribution in [0.2, 0.25) is 0 Å². The van der Waals surface area contributed by atoms with Crippen LogP contribution in [0.1, 0.15) is 33.3 Å². The minimum absolute atomic E-state index is 0.169. The fraction of sp³-hybridized carbons (Fsp3) is 0.261. The van der Waals surface area contributed by atoms with Gasteiger partial charge in [0.15, 0.2) is 0 Å². The lowest BCUT2D eigenvalue weighted by Crippen LogP contribution is -2.39. The second-order valence-corrected chi connectivity index (χ2v) is 7.14. The first-order chi connectivity index (χ1) is 13.8. The first-order valence-electron chi connectivity index (χ1n) is 9.68. The summed E-state index contributed by atoms with van der Waals surface area (Å²) in [6.07, 6.45) is 0. The first-order valence-corrected chi connectivity index (χ1v) is 9.68. The molecule has 1 aliphatic rings. The van der Waals surface area contributed by atoms with Crippen molar-refractivity contribution >= 4 is 34.7 Å². The Balaban J connectivity index is 2.14. The van der Waals surface area contributed by atoms with Gasteiger partial charge in [-0.3, -0.25) is 19.3 Å². The topological polar surface area (TPSA) is 69.7 Å². The maximum atomic E-state index is 13.3. The van der Waals surface area contributed by atoms with Crippen LogP contribution in [0.5, 0.6) is 0 Å². The van der Waals surface area contributed by atoms with Crippen molar-refractivity contribution in [3.05, 3.63) is 65.9 Å². The monoisotopic (exact) mass is 391 g/mol. The van der Waals surface area contributed by atoms with Gasteiger partial charge in [0.25, 0.3) is 11.8 Å². The molecule has 0 bridgehead atoms. The molecule has 150 valence electrons. The zero-order chi connectivity index (χ0) is 21.1. The zero-order valence-electron chi connectivity index (χ0n) is 17.1. The van der Waals surface area contributed by atoms with Crippen LogP contribution in [0.3, 0.4) is 0 Å². The molecule has 0 radical (unpaired) electrons. The quantitative estimate of drug-likeness (QED) is 0.763. The lowest BCUT2D eigenvalue weighted by molar-refractivity contribution is -0.138. The van der Waals surface area contributed by atoms with E-state index in [1.807, 2.05) is 56.0 Å². The van der Waals surface area contributed by atoms with E-state index < -0.39 is 0 Å². The Labute approximate surface area is 170 Å². The van der Waals surface area contributed by atoms with Crippen molar-refractivity contribution < 1.29 is 14.4 Å². The Morgan fingerprint density at radius 3 is 2.14 bits per heavy atom. The van der Waals surface area contributed by atoms with Crippen LogP contribution in [0.15, 0.2) is 60.3 Å². The second kappa shape index (κ2) is 8.31. The van der Waals surface area contributed by atoms with Crippen molar-refractivity contribution in [3.8, 4) is 0 Å². The summed E-state index contributed by atoms with van der Waals surface area (Å²) in [6.45, 7) is 7.59. The van der Waals surface area contributed by atoms with E-state index in [2.05, 4.69) is 5.32 Å². The van der Waals surface area contributed by atoms with Crippen molar-refractivity contribution in [1.29, 1.82) is 0 Å². The number of benzene rings is 2. The van der Waals surface area contributed by atoms with Crippen LogP contribution < -0.4 is 10.2 Å². The fourth-order valence-corrected chi connectivity index (χ4v) is 3.52. The van der Waals surface area contributed by atoms with Crippen molar-refractivity contribution in [3.63, 3.8) is 0 Å². The van der Waals surface area contributed by atoms with E-state index in [1.54, 1.807) is 24.3 Å². The van der Waals surface area contributed by atoms with Crippen molar-refractivity contribution in [2.24, 2.45) is 0 Å². The number of hydrogen-bond donors (Lipinski definition) is 1.